The number of hydrogen-bond donors (Lipinski definition) is 7. The molecule has 3 rings (SSSR count). The average Bonchev–Trinajstić information content (AvgIpc) is 2.96. The number of aliphatic hydroxyl groups excluding tert-OH is 5. The van der Waals surface area contributed by atoms with Crippen molar-refractivity contribution >= 4 is 5.91 Å². The zero-order valence-corrected chi connectivity index (χ0v) is 16.0. The highest BCUT2D eigenvalue weighted by Gasteiger charge is 2.49. The van der Waals surface area contributed by atoms with Gasteiger partial charge in [-0.3, -0.25) is 19.1 Å². The molecule has 0 bridgehead atoms. The molecule has 0 aliphatic carbocycles. The molecule has 1 aromatic rings. The Morgan fingerprint density at radius 3 is 2.57 bits per heavy atom. The fourth-order valence-corrected chi connectivity index (χ4v) is 3.71. The Hall–Kier alpha value is -2.13. The van der Waals surface area contributed by atoms with E-state index in [0.29, 0.717) is 0 Å². The first-order chi connectivity index (χ1) is 14.1. The molecular formula is C17H25N3O10. The maximum absolute atomic E-state index is 11.9. The second-order valence-corrected chi connectivity index (χ2v) is 7.45. The van der Waals surface area contributed by atoms with Crippen LogP contribution in [0.2, 0.25) is 0 Å². The van der Waals surface area contributed by atoms with Crippen molar-refractivity contribution in [2.75, 3.05) is 6.61 Å². The van der Waals surface area contributed by atoms with E-state index < -0.39 is 72.2 Å². The quantitative estimate of drug-likeness (QED) is 0.238. The molecule has 2 aliphatic rings. The van der Waals surface area contributed by atoms with E-state index in [1.807, 2.05) is 4.98 Å². The predicted molar refractivity (Wildman–Crippen MR) is 97.2 cm³/mol. The summed E-state index contributed by atoms with van der Waals surface area (Å²) in [6, 6.07) is 0.213. The molecule has 13 nitrogen and oxygen atoms in total. The third-order valence-electron chi connectivity index (χ3n) is 5.28. The Labute approximate surface area is 169 Å². The Morgan fingerprint density at radius 2 is 1.93 bits per heavy atom. The number of carbonyl (C=O) groups excluding carboxylic acids is 1. The number of aromatic nitrogens is 2. The maximum Gasteiger partial charge on any atom is 0.330 e. The first kappa shape index (κ1) is 22.6. The van der Waals surface area contributed by atoms with Crippen molar-refractivity contribution in [3.8, 4) is 0 Å². The third kappa shape index (κ3) is 4.46. The third-order valence-corrected chi connectivity index (χ3v) is 5.28. The summed E-state index contributed by atoms with van der Waals surface area (Å²) in [7, 11) is 0. The SMILES string of the molecule is CC(=O)N[C@H]1CO[C@H](C[C@@H](O)[C@@H]2O[C@@H](n3ccc(=O)[nH]c3=O)[C@H](O)[C@@H]2O)C(O)C1O. The van der Waals surface area contributed by atoms with E-state index in [1.165, 1.54) is 6.92 Å². The summed E-state index contributed by atoms with van der Waals surface area (Å²) >= 11 is 0. The number of aromatic amines is 1. The first-order valence-corrected chi connectivity index (χ1v) is 9.36. The summed E-state index contributed by atoms with van der Waals surface area (Å²) in [4.78, 5) is 36.3. The van der Waals surface area contributed by atoms with Crippen LogP contribution in [0.1, 0.15) is 19.6 Å². The minimum absolute atomic E-state index is 0.110. The van der Waals surface area contributed by atoms with Gasteiger partial charge in [0.2, 0.25) is 5.91 Å². The molecule has 30 heavy (non-hydrogen) atoms. The van der Waals surface area contributed by atoms with Crippen LogP contribution < -0.4 is 16.6 Å². The topological polar surface area (TPSA) is 204 Å². The Kier molecular flexibility index (Phi) is 6.71. The first-order valence-electron chi connectivity index (χ1n) is 9.36. The number of rotatable bonds is 5. The average molecular weight is 431 g/mol. The van der Waals surface area contributed by atoms with E-state index in [4.69, 9.17) is 9.47 Å². The van der Waals surface area contributed by atoms with Gasteiger partial charge in [-0.25, -0.2) is 4.79 Å². The van der Waals surface area contributed by atoms with Crippen molar-refractivity contribution < 1.29 is 39.8 Å². The summed E-state index contributed by atoms with van der Waals surface area (Å²) < 4.78 is 11.8. The molecule has 13 heteroatoms. The molecule has 7 N–H and O–H groups in total. The van der Waals surface area contributed by atoms with Crippen molar-refractivity contribution in [3.05, 3.63) is 33.1 Å². The summed E-state index contributed by atoms with van der Waals surface area (Å²) in [6.07, 6.45) is -10.3. The molecule has 2 aliphatic heterocycles. The summed E-state index contributed by atoms with van der Waals surface area (Å²) in [5, 5.41) is 53.9. The van der Waals surface area contributed by atoms with Gasteiger partial charge in [-0.1, -0.05) is 0 Å². The van der Waals surface area contributed by atoms with Gasteiger partial charge < -0.3 is 40.3 Å². The van der Waals surface area contributed by atoms with Gasteiger partial charge in [-0.2, -0.15) is 0 Å². The number of amides is 1. The molecule has 1 amide bonds. The molecule has 1 aromatic heterocycles. The molecule has 2 fully saturated rings. The zero-order valence-electron chi connectivity index (χ0n) is 16.0. The van der Waals surface area contributed by atoms with E-state index in [2.05, 4.69) is 5.32 Å². The lowest BCUT2D eigenvalue weighted by molar-refractivity contribution is -0.172. The molecule has 2 saturated heterocycles. The number of nitrogens with zero attached hydrogens (tertiary/aromatic N) is 1. The molecule has 168 valence electrons. The highest BCUT2D eigenvalue weighted by atomic mass is 16.6. The lowest BCUT2D eigenvalue weighted by Crippen LogP contribution is -2.59. The van der Waals surface area contributed by atoms with Crippen LogP contribution in [-0.4, -0.2) is 96.4 Å². The van der Waals surface area contributed by atoms with Gasteiger partial charge in [0.05, 0.1) is 24.9 Å². The molecule has 0 saturated carbocycles. The summed E-state index contributed by atoms with van der Waals surface area (Å²) in [6.45, 7) is 1.14. The van der Waals surface area contributed by atoms with E-state index >= 15 is 0 Å². The van der Waals surface area contributed by atoms with Crippen molar-refractivity contribution in [3.63, 3.8) is 0 Å². The minimum Gasteiger partial charge on any atom is -0.390 e. The molecule has 0 radical (unpaired) electrons. The summed E-state index contributed by atoms with van der Waals surface area (Å²) in [5.41, 5.74) is -1.52. The van der Waals surface area contributed by atoms with Gasteiger partial charge in [0.1, 0.15) is 30.5 Å². The Bertz CT molecular complexity index is 872. The van der Waals surface area contributed by atoms with Crippen LogP contribution in [0.25, 0.3) is 0 Å². The molecule has 3 heterocycles. The van der Waals surface area contributed by atoms with Gasteiger partial charge in [0.15, 0.2) is 6.23 Å². The molecule has 2 unspecified atom stereocenters. The van der Waals surface area contributed by atoms with Gasteiger partial charge in [0.25, 0.3) is 5.56 Å². The highest BCUT2D eigenvalue weighted by molar-refractivity contribution is 5.73. The van der Waals surface area contributed by atoms with E-state index in [9.17, 15) is 39.9 Å². The Morgan fingerprint density at radius 1 is 1.23 bits per heavy atom. The Balaban J connectivity index is 1.67. The lowest BCUT2D eigenvalue weighted by atomic mass is 9.92. The minimum atomic E-state index is -1.58. The van der Waals surface area contributed by atoms with Crippen molar-refractivity contribution in [2.45, 2.75) is 68.3 Å². The highest BCUT2D eigenvalue weighted by Crippen LogP contribution is 2.32. The number of nitrogens with one attached hydrogen (secondary N) is 2. The van der Waals surface area contributed by atoms with Crippen LogP contribution in [0.15, 0.2) is 21.9 Å². The van der Waals surface area contributed by atoms with Gasteiger partial charge in [-0.15, -0.1) is 0 Å². The number of ether oxygens (including phenoxy) is 2. The number of hydrogen-bond acceptors (Lipinski definition) is 10. The van der Waals surface area contributed by atoms with Crippen LogP contribution >= 0.6 is 0 Å². The van der Waals surface area contributed by atoms with E-state index in [0.717, 1.165) is 16.8 Å². The zero-order chi connectivity index (χ0) is 22.2. The fraction of sp³-hybridized carbons (Fsp3) is 0.706. The van der Waals surface area contributed by atoms with Crippen LogP contribution in [0, 0.1) is 0 Å². The molecule has 0 aromatic carbocycles. The van der Waals surface area contributed by atoms with E-state index in [-0.39, 0.29) is 13.0 Å². The molecule has 0 spiro atoms. The standard InChI is InChI=1S/C17H25N3O10/c1-6(21)18-7-5-29-9(12(25)11(7)24)4-8(22)15-13(26)14(27)16(30-15)20-3-2-10(23)19-17(20)28/h2-3,7-9,11-16,22,24-27H,4-5H2,1H3,(H,18,21)(H,19,23,28)/t7-,8+,9+,11?,12?,13-,14+,15-,16+/m0/s1. The lowest BCUT2D eigenvalue weighted by Gasteiger charge is -2.39. The van der Waals surface area contributed by atoms with Gasteiger partial charge in [-0.05, 0) is 0 Å². The van der Waals surface area contributed by atoms with Gasteiger partial charge >= 0.3 is 5.69 Å². The summed E-state index contributed by atoms with van der Waals surface area (Å²) in [5.74, 6) is -0.409. The fourth-order valence-electron chi connectivity index (χ4n) is 3.71. The smallest absolute Gasteiger partial charge is 0.330 e. The normalized spacial score (nSPS) is 37.7. The van der Waals surface area contributed by atoms with Gasteiger partial charge in [0, 0.05) is 25.6 Å². The molecule has 9 atom stereocenters. The van der Waals surface area contributed by atoms with E-state index in [1.54, 1.807) is 0 Å². The van der Waals surface area contributed by atoms with Crippen LogP contribution in [0.3, 0.4) is 0 Å². The number of aliphatic hydroxyl groups is 5. The van der Waals surface area contributed by atoms with Crippen molar-refractivity contribution in [1.82, 2.24) is 14.9 Å². The van der Waals surface area contributed by atoms with Crippen LogP contribution in [0.4, 0.5) is 0 Å². The molecular weight excluding hydrogens is 406 g/mol. The predicted octanol–water partition coefficient (Wildman–Crippen LogP) is -4.47. The number of carbonyl (C=O) groups is 1. The number of H-pyrrole nitrogens is 1. The van der Waals surface area contributed by atoms with Crippen molar-refractivity contribution in [1.29, 1.82) is 0 Å². The van der Waals surface area contributed by atoms with Crippen LogP contribution in [-0.2, 0) is 14.3 Å². The van der Waals surface area contributed by atoms with Crippen molar-refractivity contribution in [2.24, 2.45) is 0 Å². The second-order valence-electron chi connectivity index (χ2n) is 7.45. The van der Waals surface area contributed by atoms with Crippen LogP contribution in [0.5, 0.6) is 0 Å². The second kappa shape index (κ2) is 8.93. The largest absolute Gasteiger partial charge is 0.390 e. The monoisotopic (exact) mass is 431 g/mol. The maximum atomic E-state index is 11.9.